The van der Waals surface area contributed by atoms with Crippen molar-refractivity contribution >= 4 is 21.7 Å². The van der Waals surface area contributed by atoms with Gasteiger partial charge in [-0.05, 0) is 23.6 Å². The molecule has 0 aliphatic heterocycles. The van der Waals surface area contributed by atoms with E-state index in [9.17, 15) is 13.2 Å². The highest BCUT2D eigenvalue weighted by Crippen LogP contribution is 2.28. The van der Waals surface area contributed by atoms with Crippen molar-refractivity contribution in [1.29, 1.82) is 0 Å². The second kappa shape index (κ2) is 7.02. The number of benzene rings is 2. The van der Waals surface area contributed by atoms with Gasteiger partial charge in [0.2, 0.25) is 10.0 Å². The van der Waals surface area contributed by atoms with Gasteiger partial charge >= 0.3 is 5.97 Å². The van der Waals surface area contributed by atoms with Crippen LogP contribution in [0.4, 0.5) is 5.69 Å². The summed E-state index contributed by atoms with van der Waals surface area (Å²) in [4.78, 5) is 11.1. The Morgan fingerprint density at radius 1 is 1.12 bits per heavy atom. The van der Waals surface area contributed by atoms with Gasteiger partial charge in [-0.1, -0.05) is 50.2 Å². The first-order chi connectivity index (χ1) is 11.2. The lowest BCUT2D eigenvalue weighted by atomic mass is 10.0. The van der Waals surface area contributed by atoms with E-state index in [4.69, 9.17) is 10.8 Å². The predicted octanol–water partition coefficient (Wildman–Crippen LogP) is 2.32. The maximum Gasteiger partial charge on any atom is 0.322 e. The Morgan fingerprint density at radius 2 is 1.75 bits per heavy atom. The van der Waals surface area contributed by atoms with Gasteiger partial charge in [-0.15, -0.1) is 0 Å². The highest BCUT2D eigenvalue weighted by atomic mass is 32.2. The molecule has 0 aliphatic rings. The summed E-state index contributed by atoms with van der Waals surface area (Å²) in [6.07, 6.45) is 0. The van der Waals surface area contributed by atoms with Crippen molar-refractivity contribution in [2.75, 3.05) is 5.73 Å². The number of hydrogen-bond acceptors (Lipinski definition) is 4. The molecule has 128 valence electrons. The number of carboxylic acid groups (broad SMARTS) is 1. The van der Waals surface area contributed by atoms with Gasteiger partial charge in [0.25, 0.3) is 0 Å². The van der Waals surface area contributed by atoms with Gasteiger partial charge in [0.1, 0.15) is 6.04 Å². The molecule has 6 nitrogen and oxygen atoms in total. The van der Waals surface area contributed by atoms with Crippen LogP contribution in [0.3, 0.4) is 0 Å². The molecule has 0 spiro atoms. The third-order valence-electron chi connectivity index (χ3n) is 3.63. The van der Waals surface area contributed by atoms with E-state index in [-0.39, 0.29) is 4.90 Å². The van der Waals surface area contributed by atoms with Crippen LogP contribution in [0.1, 0.15) is 13.8 Å². The van der Waals surface area contributed by atoms with Crippen LogP contribution in [0.15, 0.2) is 53.4 Å². The van der Waals surface area contributed by atoms with E-state index in [1.165, 1.54) is 12.1 Å². The van der Waals surface area contributed by atoms with E-state index in [2.05, 4.69) is 4.72 Å². The molecule has 2 aromatic carbocycles. The summed E-state index contributed by atoms with van der Waals surface area (Å²) in [6, 6.07) is 12.5. The summed E-state index contributed by atoms with van der Waals surface area (Å²) in [5, 5.41) is 9.15. The van der Waals surface area contributed by atoms with Crippen LogP contribution in [0.2, 0.25) is 0 Å². The zero-order valence-corrected chi connectivity index (χ0v) is 14.2. The van der Waals surface area contributed by atoms with Crippen LogP contribution in [0, 0.1) is 5.92 Å². The topological polar surface area (TPSA) is 109 Å². The molecule has 1 atom stereocenters. The summed E-state index contributed by atoms with van der Waals surface area (Å²) in [6.45, 7) is 3.27. The van der Waals surface area contributed by atoms with Gasteiger partial charge in [-0.25, -0.2) is 8.42 Å². The Kier molecular flexibility index (Phi) is 5.26. The number of nitrogens with two attached hydrogens (primary N) is 1. The second-order valence-electron chi connectivity index (χ2n) is 5.80. The molecule has 0 aliphatic carbocycles. The van der Waals surface area contributed by atoms with E-state index < -0.39 is 28.0 Å². The molecule has 2 aromatic rings. The van der Waals surface area contributed by atoms with Crippen LogP contribution >= 0.6 is 0 Å². The summed E-state index contributed by atoms with van der Waals surface area (Å²) in [5.41, 5.74) is 7.89. The van der Waals surface area contributed by atoms with Gasteiger partial charge in [-0.3, -0.25) is 4.79 Å². The number of sulfonamides is 1. The molecular weight excluding hydrogens is 328 g/mol. The third kappa shape index (κ3) is 3.93. The van der Waals surface area contributed by atoms with Crippen LogP contribution in [0.25, 0.3) is 11.1 Å². The third-order valence-corrected chi connectivity index (χ3v) is 5.07. The van der Waals surface area contributed by atoms with Gasteiger partial charge in [-0.2, -0.15) is 4.72 Å². The van der Waals surface area contributed by atoms with E-state index in [1.54, 1.807) is 19.9 Å². The zero-order valence-electron chi connectivity index (χ0n) is 13.4. The number of nitrogens with one attached hydrogen (secondary N) is 1. The lowest BCUT2D eigenvalue weighted by molar-refractivity contribution is -0.140. The van der Waals surface area contributed by atoms with Crippen LogP contribution in [-0.2, 0) is 14.8 Å². The molecule has 0 fully saturated rings. The number of hydrogen-bond donors (Lipinski definition) is 3. The molecule has 0 unspecified atom stereocenters. The average molecular weight is 348 g/mol. The molecule has 4 N–H and O–H groups in total. The van der Waals surface area contributed by atoms with E-state index in [0.717, 1.165) is 5.56 Å². The van der Waals surface area contributed by atoms with Crippen molar-refractivity contribution in [2.24, 2.45) is 5.92 Å². The van der Waals surface area contributed by atoms with E-state index in [1.807, 2.05) is 30.3 Å². The monoisotopic (exact) mass is 348 g/mol. The molecule has 2 rings (SSSR count). The predicted molar refractivity (Wildman–Crippen MR) is 92.9 cm³/mol. The fourth-order valence-electron chi connectivity index (χ4n) is 2.30. The summed E-state index contributed by atoms with van der Waals surface area (Å²) in [7, 11) is -3.98. The Labute approximate surface area is 141 Å². The van der Waals surface area contributed by atoms with Crippen molar-refractivity contribution in [3.05, 3.63) is 48.5 Å². The van der Waals surface area contributed by atoms with Gasteiger partial charge in [0.15, 0.2) is 0 Å². The number of carboxylic acids is 1. The lowest BCUT2D eigenvalue weighted by Gasteiger charge is -2.18. The maximum absolute atomic E-state index is 12.4. The minimum Gasteiger partial charge on any atom is -0.480 e. The zero-order chi connectivity index (χ0) is 17.9. The van der Waals surface area contributed by atoms with Crippen molar-refractivity contribution in [1.82, 2.24) is 4.72 Å². The standard InChI is InChI=1S/C17H20N2O4S/c1-11(2)16(17(20)21)19-24(22,23)13-8-9-14(15(18)10-13)12-6-4-3-5-7-12/h3-11,16,19H,18H2,1-2H3,(H,20,21)/t16-/m1/s1. The fraction of sp³-hybridized carbons (Fsp3) is 0.235. The molecule has 0 saturated heterocycles. The fourth-order valence-corrected chi connectivity index (χ4v) is 3.67. The van der Waals surface area contributed by atoms with E-state index >= 15 is 0 Å². The smallest absolute Gasteiger partial charge is 0.322 e. The molecular formula is C17H20N2O4S. The van der Waals surface area contributed by atoms with Gasteiger partial charge in [0.05, 0.1) is 4.90 Å². The molecule has 0 amide bonds. The van der Waals surface area contributed by atoms with Crippen LogP contribution < -0.4 is 10.5 Å². The first kappa shape index (κ1) is 18.0. The summed E-state index contributed by atoms with van der Waals surface area (Å²) < 4.78 is 27.1. The minimum absolute atomic E-state index is 0.0634. The number of anilines is 1. The largest absolute Gasteiger partial charge is 0.480 e. The minimum atomic E-state index is -3.98. The molecule has 0 radical (unpaired) electrons. The summed E-state index contributed by atoms with van der Waals surface area (Å²) in [5.74, 6) is -1.61. The average Bonchev–Trinajstić information content (AvgIpc) is 2.53. The number of rotatable bonds is 6. The Hall–Kier alpha value is -2.38. The highest BCUT2D eigenvalue weighted by Gasteiger charge is 2.28. The molecule has 0 heterocycles. The first-order valence-corrected chi connectivity index (χ1v) is 8.91. The van der Waals surface area contributed by atoms with Crippen LogP contribution in [0.5, 0.6) is 0 Å². The lowest BCUT2D eigenvalue weighted by Crippen LogP contribution is -2.44. The highest BCUT2D eigenvalue weighted by molar-refractivity contribution is 7.89. The second-order valence-corrected chi connectivity index (χ2v) is 7.51. The quantitative estimate of drug-likeness (QED) is 0.694. The number of aliphatic carboxylic acids is 1. The molecule has 0 bridgehead atoms. The normalized spacial score (nSPS) is 13.0. The molecule has 0 saturated carbocycles. The van der Waals surface area contributed by atoms with Gasteiger partial charge < -0.3 is 10.8 Å². The molecule has 7 heteroatoms. The SMILES string of the molecule is CC(C)[C@@H](NS(=O)(=O)c1ccc(-c2ccccc2)c(N)c1)C(=O)O. The van der Waals surface area contributed by atoms with Crippen molar-refractivity contribution in [2.45, 2.75) is 24.8 Å². The first-order valence-electron chi connectivity index (χ1n) is 7.42. The van der Waals surface area contributed by atoms with Crippen molar-refractivity contribution < 1.29 is 18.3 Å². The van der Waals surface area contributed by atoms with Crippen molar-refractivity contribution in [3.8, 4) is 11.1 Å². The van der Waals surface area contributed by atoms with Crippen LogP contribution in [-0.4, -0.2) is 25.5 Å². The van der Waals surface area contributed by atoms with Crippen molar-refractivity contribution in [3.63, 3.8) is 0 Å². The Bertz CT molecular complexity index is 833. The molecule has 24 heavy (non-hydrogen) atoms. The Balaban J connectivity index is 2.35. The summed E-state index contributed by atoms with van der Waals surface area (Å²) >= 11 is 0. The molecule has 0 aromatic heterocycles. The number of nitrogen functional groups attached to an aromatic ring is 1. The maximum atomic E-state index is 12.4. The number of carbonyl (C=O) groups is 1. The Morgan fingerprint density at radius 3 is 2.25 bits per heavy atom. The van der Waals surface area contributed by atoms with Gasteiger partial charge in [0, 0.05) is 11.3 Å². The van der Waals surface area contributed by atoms with E-state index in [0.29, 0.717) is 11.3 Å².